The molecular formula is C24H42N4O5S. The Morgan fingerprint density at radius 2 is 1.74 bits per heavy atom. The first-order valence-corrected chi connectivity index (χ1v) is 13.0. The molecule has 0 bridgehead atoms. The van der Waals surface area contributed by atoms with E-state index in [4.69, 9.17) is 0 Å². The van der Waals surface area contributed by atoms with E-state index in [0.717, 1.165) is 30.0 Å². The fraction of sp³-hybridized carbons (Fsp3) is 0.667. The highest BCUT2D eigenvalue weighted by Crippen LogP contribution is 2.28. The summed E-state index contributed by atoms with van der Waals surface area (Å²) in [5.41, 5.74) is 0. The van der Waals surface area contributed by atoms with Crippen molar-refractivity contribution >= 4 is 21.8 Å². The predicted molar refractivity (Wildman–Crippen MR) is 134 cm³/mol. The highest BCUT2D eigenvalue weighted by Gasteiger charge is 2.31. The van der Waals surface area contributed by atoms with Gasteiger partial charge in [-0.25, -0.2) is 8.42 Å². The van der Waals surface area contributed by atoms with Crippen LogP contribution in [-0.4, -0.2) is 75.0 Å². The van der Waals surface area contributed by atoms with Crippen molar-refractivity contribution < 1.29 is 23.1 Å². The number of rotatable bonds is 12. The molecule has 0 aliphatic heterocycles. The van der Waals surface area contributed by atoms with Crippen LogP contribution in [0, 0.1) is 5.92 Å². The molecule has 1 aromatic carbocycles. The van der Waals surface area contributed by atoms with Crippen LogP contribution in [0.5, 0.6) is 0 Å². The Labute approximate surface area is 204 Å². The summed E-state index contributed by atoms with van der Waals surface area (Å²) >= 11 is 0. The molecule has 9 nitrogen and oxygen atoms in total. The number of nitrogens with zero attached hydrogens (tertiary/aromatic N) is 1. The second-order valence-electron chi connectivity index (χ2n) is 8.84. The van der Waals surface area contributed by atoms with Crippen molar-refractivity contribution in [2.75, 3.05) is 27.2 Å². The molecule has 2 rings (SSSR count). The first kappa shape index (κ1) is 30.0. The molecule has 34 heavy (non-hydrogen) atoms. The van der Waals surface area contributed by atoms with Gasteiger partial charge in [0.2, 0.25) is 21.8 Å². The third-order valence-corrected chi connectivity index (χ3v) is 7.95. The lowest BCUT2D eigenvalue weighted by atomic mass is 9.83. The van der Waals surface area contributed by atoms with E-state index in [-0.39, 0.29) is 31.3 Å². The second-order valence-corrected chi connectivity index (χ2v) is 10.9. The number of benzene rings is 1. The molecule has 2 amide bonds. The van der Waals surface area contributed by atoms with Gasteiger partial charge >= 0.3 is 0 Å². The SMILES string of the molecule is C.CNCC(=O)NC(C)C(=O)N[C@@H](CC1CCCCC1)[C@H](O)CN(C)S(=O)(=O)c1ccccc1. The number of hydrogen-bond acceptors (Lipinski definition) is 6. The molecule has 1 aromatic rings. The van der Waals surface area contributed by atoms with Gasteiger partial charge in [0.15, 0.2) is 0 Å². The average molecular weight is 499 g/mol. The van der Waals surface area contributed by atoms with Crippen molar-refractivity contribution in [1.29, 1.82) is 0 Å². The van der Waals surface area contributed by atoms with Crippen LogP contribution in [0.1, 0.15) is 52.9 Å². The van der Waals surface area contributed by atoms with Gasteiger partial charge in [-0.1, -0.05) is 57.7 Å². The Hall–Kier alpha value is -2.01. The van der Waals surface area contributed by atoms with Gasteiger partial charge < -0.3 is 21.1 Å². The Balaban J connectivity index is 0.00000578. The van der Waals surface area contributed by atoms with E-state index in [2.05, 4.69) is 16.0 Å². The number of hydrogen-bond donors (Lipinski definition) is 4. The summed E-state index contributed by atoms with van der Waals surface area (Å²) in [5, 5.41) is 19.2. The van der Waals surface area contributed by atoms with Crippen LogP contribution in [0.15, 0.2) is 35.2 Å². The molecule has 1 aliphatic carbocycles. The van der Waals surface area contributed by atoms with Gasteiger partial charge in [-0.2, -0.15) is 4.31 Å². The standard InChI is InChI=1S/C23H38N4O5S.CH4/c1-17(25-22(29)15-24-2)23(30)26-20(14-18-10-6-4-7-11-18)21(28)16-27(3)33(31,32)19-12-8-5-9-13-19;/h5,8-9,12-13,17-18,20-21,24,28H,4,6-7,10-11,14-16H2,1-3H3,(H,25,29)(H,26,30);1H4/t17?,20-,21+;/m0./s1. The normalized spacial score (nSPS) is 17.3. The molecule has 10 heteroatoms. The Kier molecular flexibility index (Phi) is 12.7. The van der Waals surface area contributed by atoms with Crippen molar-refractivity contribution in [1.82, 2.24) is 20.3 Å². The minimum atomic E-state index is -3.77. The molecule has 4 N–H and O–H groups in total. The number of amides is 2. The molecule has 0 aromatic heterocycles. The summed E-state index contributed by atoms with van der Waals surface area (Å²) in [5.74, 6) is -0.366. The summed E-state index contributed by atoms with van der Waals surface area (Å²) in [7, 11) is -0.709. The third kappa shape index (κ3) is 8.98. The van der Waals surface area contributed by atoms with Crippen molar-refractivity contribution in [2.24, 2.45) is 5.92 Å². The molecule has 1 fully saturated rings. The summed E-state index contributed by atoms with van der Waals surface area (Å²) < 4.78 is 26.9. The quantitative estimate of drug-likeness (QED) is 0.346. The maximum Gasteiger partial charge on any atom is 0.242 e. The highest BCUT2D eigenvalue weighted by atomic mass is 32.2. The van der Waals surface area contributed by atoms with E-state index in [1.165, 1.54) is 25.6 Å². The van der Waals surface area contributed by atoms with E-state index in [0.29, 0.717) is 12.3 Å². The largest absolute Gasteiger partial charge is 0.390 e. The first-order chi connectivity index (χ1) is 15.6. The van der Waals surface area contributed by atoms with Gasteiger partial charge in [0.05, 0.1) is 23.6 Å². The Bertz CT molecular complexity index is 859. The number of nitrogens with one attached hydrogen (secondary N) is 3. The van der Waals surface area contributed by atoms with E-state index >= 15 is 0 Å². The molecule has 1 aliphatic rings. The summed E-state index contributed by atoms with van der Waals surface area (Å²) in [6, 6.07) is 6.64. The molecule has 0 saturated heterocycles. The van der Waals surface area contributed by atoms with Gasteiger partial charge in [-0.15, -0.1) is 0 Å². The maximum atomic E-state index is 12.9. The first-order valence-electron chi connectivity index (χ1n) is 11.6. The lowest BCUT2D eigenvalue weighted by molar-refractivity contribution is -0.129. The molecule has 1 saturated carbocycles. The van der Waals surface area contributed by atoms with E-state index in [1.807, 2.05) is 0 Å². The smallest absolute Gasteiger partial charge is 0.242 e. The minimum absolute atomic E-state index is 0. The molecule has 1 unspecified atom stereocenters. The van der Waals surface area contributed by atoms with Crippen LogP contribution >= 0.6 is 0 Å². The minimum Gasteiger partial charge on any atom is -0.390 e. The van der Waals surface area contributed by atoms with Crippen LogP contribution in [0.3, 0.4) is 0 Å². The molecule has 3 atom stereocenters. The fourth-order valence-corrected chi connectivity index (χ4v) is 5.39. The summed E-state index contributed by atoms with van der Waals surface area (Å²) in [4.78, 5) is 24.7. The van der Waals surface area contributed by atoms with Crippen molar-refractivity contribution in [3.05, 3.63) is 30.3 Å². The van der Waals surface area contributed by atoms with Crippen molar-refractivity contribution in [3.63, 3.8) is 0 Å². The van der Waals surface area contributed by atoms with Gasteiger partial charge in [-0.05, 0) is 38.4 Å². The van der Waals surface area contributed by atoms with Crippen molar-refractivity contribution in [2.45, 2.75) is 76.0 Å². The van der Waals surface area contributed by atoms with Gasteiger partial charge in [0, 0.05) is 13.6 Å². The molecule has 194 valence electrons. The van der Waals surface area contributed by atoms with Crippen LogP contribution in [0.25, 0.3) is 0 Å². The van der Waals surface area contributed by atoms with Gasteiger partial charge in [0.1, 0.15) is 6.04 Å². The highest BCUT2D eigenvalue weighted by molar-refractivity contribution is 7.89. The molecule has 0 heterocycles. The average Bonchev–Trinajstić information content (AvgIpc) is 2.79. The summed E-state index contributed by atoms with van der Waals surface area (Å²) in [6.07, 6.45) is 4.91. The Morgan fingerprint density at radius 3 is 2.32 bits per heavy atom. The number of aliphatic hydroxyl groups is 1. The van der Waals surface area contributed by atoms with E-state index in [1.54, 1.807) is 32.2 Å². The van der Waals surface area contributed by atoms with Crippen molar-refractivity contribution in [3.8, 4) is 0 Å². The molecule has 0 radical (unpaired) electrons. The zero-order valence-electron chi connectivity index (χ0n) is 19.8. The Morgan fingerprint density at radius 1 is 1.12 bits per heavy atom. The van der Waals surface area contributed by atoms with Crippen LogP contribution in [0.4, 0.5) is 0 Å². The third-order valence-electron chi connectivity index (χ3n) is 6.11. The second kappa shape index (κ2) is 14.4. The van der Waals surface area contributed by atoms with Crippen LogP contribution in [-0.2, 0) is 19.6 Å². The number of likely N-dealkylation sites (N-methyl/N-ethyl adjacent to an activating group) is 2. The molecular weight excluding hydrogens is 456 g/mol. The van der Waals surface area contributed by atoms with Gasteiger partial charge in [-0.3, -0.25) is 9.59 Å². The zero-order chi connectivity index (χ0) is 24.4. The number of carbonyl (C=O) groups is 2. The number of sulfonamides is 1. The van der Waals surface area contributed by atoms with Crippen LogP contribution < -0.4 is 16.0 Å². The predicted octanol–water partition coefficient (Wildman–Crippen LogP) is 1.48. The van der Waals surface area contributed by atoms with E-state index < -0.39 is 34.1 Å². The number of carbonyl (C=O) groups excluding carboxylic acids is 2. The summed E-state index contributed by atoms with van der Waals surface area (Å²) in [6.45, 7) is 1.52. The zero-order valence-corrected chi connectivity index (χ0v) is 20.6. The lowest BCUT2D eigenvalue weighted by Gasteiger charge is -2.32. The lowest BCUT2D eigenvalue weighted by Crippen LogP contribution is -2.54. The van der Waals surface area contributed by atoms with Crippen LogP contribution in [0.2, 0.25) is 0 Å². The topological polar surface area (TPSA) is 128 Å². The maximum absolute atomic E-state index is 12.9. The fourth-order valence-electron chi connectivity index (χ4n) is 4.18. The molecule has 0 spiro atoms. The van der Waals surface area contributed by atoms with E-state index in [9.17, 15) is 23.1 Å². The van der Waals surface area contributed by atoms with Gasteiger partial charge in [0.25, 0.3) is 0 Å². The number of aliphatic hydroxyl groups excluding tert-OH is 1. The monoisotopic (exact) mass is 498 g/mol.